The maximum Gasteiger partial charge on any atom is 0.433 e. The van der Waals surface area contributed by atoms with E-state index >= 15 is 0 Å². The third-order valence-corrected chi connectivity index (χ3v) is 1.65. The molecule has 0 aliphatic rings. The molecule has 1 rings (SSSR count). The van der Waals surface area contributed by atoms with Gasteiger partial charge in [0.15, 0.2) is 0 Å². The largest absolute Gasteiger partial charge is 0.433 e. The summed E-state index contributed by atoms with van der Waals surface area (Å²) in [6.07, 6.45) is -2.92. The molecule has 1 heterocycles. The summed E-state index contributed by atoms with van der Waals surface area (Å²) in [5.41, 5.74) is 4.88. The molecule has 0 atom stereocenters. The van der Waals surface area contributed by atoms with Crippen molar-refractivity contribution in [2.24, 2.45) is 5.73 Å². The fraction of sp³-hybridized carbons (Fsp3) is 0.222. The van der Waals surface area contributed by atoms with E-state index in [-0.39, 0.29) is 11.4 Å². The molecule has 0 unspecified atom stereocenters. The molecule has 2 N–H and O–H groups in total. The van der Waals surface area contributed by atoms with Gasteiger partial charge in [0.1, 0.15) is 5.69 Å². The molecule has 14 heavy (non-hydrogen) atoms. The number of nitrogens with zero attached hydrogens (tertiary/aromatic N) is 1. The first kappa shape index (κ1) is 10.6. The van der Waals surface area contributed by atoms with Crippen LogP contribution in [0.5, 0.6) is 0 Å². The lowest BCUT2D eigenvalue weighted by Crippen LogP contribution is -2.10. The predicted molar refractivity (Wildman–Crippen MR) is 47.1 cm³/mol. The van der Waals surface area contributed by atoms with Crippen molar-refractivity contribution in [1.29, 1.82) is 0 Å². The molecule has 0 amide bonds. The smallest absolute Gasteiger partial charge is 0.397 e. The van der Waals surface area contributed by atoms with Gasteiger partial charge in [-0.25, -0.2) is 4.98 Å². The van der Waals surface area contributed by atoms with Gasteiger partial charge in [-0.3, -0.25) is 0 Å². The highest BCUT2D eigenvalue weighted by Crippen LogP contribution is 2.27. The van der Waals surface area contributed by atoms with Crippen molar-refractivity contribution in [3.63, 3.8) is 0 Å². The molecule has 0 fully saturated rings. The topological polar surface area (TPSA) is 38.9 Å². The molecule has 5 heteroatoms. The van der Waals surface area contributed by atoms with Crippen molar-refractivity contribution < 1.29 is 13.2 Å². The molecule has 0 saturated carbocycles. The van der Waals surface area contributed by atoms with Gasteiger partial charge in [-0.05, 0) is 19.1 Å². The van der Waals surface area contributed by atoms with Gasteiger partial charge in [-0.15, -0.1) is 0 Å². The minimum absolute atomic E-state index is 0.141. The van der Waals surface area contributed by atoms with Crippen molar-refractivity contribution in [3.8, 4) is 0 Å². The Hall–Kier alpha value is -1.52. The van der Waals surface area contributed by atoms with Gasteiger partial charge in [0.25, 0.3) is 0 Å². The number of nitrogens with two attached hydrogens (primary N) is 1. The van der Waals surface area contributed by atoms with E-state index in [1.165, 1.54) is 18.2 Å². The van der Waals surface area contributed by atoms with Crippen molar-refractivity contribution in [2.45, 2.75) is 13.1 Å². The van der Waals surface area contributed by atoms with Gasteiger partial charge in [0.05, 0.1) is 11.4 Å². The molecule has 0 radical (unpaired) electrons. The van der Waals surface area contributed by atoms with E-state index in [1.54, 1.807) is 6.92 Å². The van der Waals surface area contributed by atoms with Gasteiger partial charge in [-0.2, -0.15) is 13.2 Å². The van der Waals surface area contributed by atoms with E-state index in [0.29, 0.717) is 0 Å². The predicted octanol–water partition coefficient (Wildman–Crippen LogP) is 2.42. The summed E-state index contributed by atoms with van der Waals surface area (Å²) >= 11 is 0. The van der Waals surface area contributed by atoms with Crippen LogP contribution < -0.4 is 5.73 Å². The van der Waals surface area contributed by atoms with Gasteiger partial charge < -0.3 is 5.73 Å². The van der Waals surface area contributed by atoms with E-state index in [1.807, 2.05) is 0 Å². The quantitative estimate of drug-likeness (QED) is 0.759. The fourth-order valence-corrected chi connectivity index (χ4v) is 0.901. The number of allylic oxidation sites excluding steroid dienone is 1. The summed E-state index contributed by atoms with van der Waals surface area (Å²) in [6.45, 7) is 1.64. The minimum Gasteiger partial charge on any atom is -0.397 e. The minimum atomic E-state index is -4.43. The van der Waals surface area contributed by atoms with E-state index in [2.05, 4.69) is 4.98 Å². The van der Waals surface area contributed by atoms with Crippen LogP contribution in [0, 0.1) is 0 Å². The Balaban J connectivity index is 3.14. The normalized spacial score (nSPS) is 13.0. The maximum atomic E-state index is 12.2. The highest BCUT2D eigenvalue weighted by molar-refractivity contribution is 5.58. The summed E-state index contributed by atoms with van der Waals surface area (Å²) < 4.78 is 36.6. The average Bonchev–Trinajstić information content (AvgIpc) is 2.15. The second kappa shape index (κ2) is 3.69. The molecule has 1 aromatic rings. The summed E-state index contributed by atoms with van der Waals surface area (Å²) in [4.78, 5) is 3.40. The Morgan fingerprint density at radius 1 is 1.43 bits per heavy atom. The number of hydrogen-bond donors (Lipinski definition) is 1. The third-order valence-electron chi connectivity index (χ3n) is 1.65. The van der Waals surface area contributed by atoms with Crippen LogP contribution >= 0.6 is 0 Å². The number of alkyl halides is 3. The Labute approximate surface area is 79.3 Å². The fourth-order valence-electron chi connectivity index (χ4n) is 0.901. The van der Waals surface area contributed by atoms with E-state index < -0.39 is 11.9 Å². The molecule has 2 nitrogen and oxygen atoms in total. The summed E-state index contributed by atoms with van der Waals surface area (Å²) in [5.74, 6) is 0. The van der Waals surface area contributed by atoms with E-state index in [4.69, 9.17) is 5.73 Å². The molecular weight excluding hydrogens is 193 g/mol. The number of pyridine rings is 1. The van der Waals surface area contributed by atoms with Gasteiger partial charge in [0.2, 0.25) is 0 Å². The van der Waals surface area contributed by atoms with Crippen LogP contribution in [0.1, 0.15) is 18.3 Å². The van der Waals surface area contributed by atoms with E-state index in [9.17, 15) is 13.2 Å². The highest BCUT2D eigenvalue weighted by Gasteiger charge is 2.32. The Kier molecular flexibility index (Phi) is 2.78. The standard InChI is InChI=1S/C9H9F3N2/c1-2-6(13)7-4-3-5-8(14-7)9(10,11)12/h2-5H,13H2,1H3/b6-2+. The van der Waals surface area contributed by atoms with Crippen molar-refractivity contribution in [2.75, 3.05) is 0 Å². The highest BCUT2D eigenvalue weighted by atomic mass is 19.4. The molecule has 0 aliphatic carbocycles. The van der Waals surface area contributed by atoms with Crippen LogP contribution in [0.15, 0.2) is 24.3 Å². The Morgan fingerprint density at radius 2 is 2.07 bits per heavy atom. The zero-order valence-corrected chi connectivity index (χ0v) is 7.47. The Morgan fingerprint density at radius 3 is 2.57 bits per heavy atom. The van der Waals surface area contributed by atoms with Crippen LogP contribution in [0.4, 0.5) is 13.2 Å². The second-order valence-electron chi connectivity index (χ2n) is 2.65. The van der Waals surface area contributed by atoms with Crippen molar-refractivity contribution >= 4 is 5.70 Å². The van der Waals surface area contributed by atoms with Crippen LogP contribution in [0.2, 0.25) is 0 Å². The monoisotopic (exact) mass is 202 g/mol. The zero-order valence-electron chi connectivity index (χ0n) is 7.47. The molecule has 0 spiro atoms. The lowest BCUT2D eigenvalue weighted by atomic mass is 10.2. The number of halogens is 3. The third kappa shape index (κ3) is 2.25. The van der Waals surface area contributed by atoms with Crippen LogP contribution in [-0.2, 0) is 6.18 Å². The molecule has 0 aromatic carbocycles. The van der Waals surface area contributed by atoms with E-state index in [0.717, 1.165) is 6.07 Å². The molecule has 76 valence electrons. The lowest BCUT2D eigenvalue weighted by molar-refractivity contribution is -0.141. The van der Waals surface area contributed by atoms with Crippen LogP contribution in [0.25, 0.3) is 5.70 Å². The zero-order chi connectivity index (χ0) is 10.8. The summed E-state index contributed by atoms with van der Waals surface area (Å²) in [5, 5.41) is 0. The first-order valence-electron chi connectivity index (χ1n) is 3.91. The SMILES string of the molecule is C/C=C(/N)c1cccc(C(F)(F)F)n1. The maximum absolute atomic E-state index is 12.2. The molecule has 0 aliphatic heterocycles. The number of aromatic nitrogens is 1. The van der Waals surface area contributed by atoms with Crippen molar-refractivity contribution in [3.05, 3.63) is 35.7 Å². The first-order chi connectivity index (χ1) is 6.45. The van der Waals surface area contributed by atoms with Gasteiger partial charge in [-0.1, -0.05) is 12.1 Å². The molecule has 0 saturated heterocycles. The second-order valence-corrected chi connectivity index (χ2v) is 2.65. The Bertz CT molecular complexity index is 355. The van der Waals surface area contributed by atoms with Gasteiger partial charge >= 0.3 is 6.18 Å². The number of hydrogen-bond acceptors (Lipinski definition) is 2. The number of rotatable bonds is 1. The lowest BCUT2D eigenvalue weighted by Gasteiger charge is -2.07. The molecule has 1 aromatic heterocycles. The van der Waals surface area contributed by atoms with Crippen LogP contribution in [0.3, 0.4) is 0 Å². The first-order valence-corrected chi connectivity index (χ1v) is 3.91. The molecular formula is C9H9F3N2. The van der Waals surface area contributed by atoms with Crippen molar-refractivity contribution in [1.82, 2.24) is 4.98 Å². The van der Waals surface area contributed by atoms with Crippen LogP contribution in [-0.4, -0.2) is 4.98 Å². The summed E-state index contributed by atoms with van der Waals surface area (Å²) in [6, 6.07) is 3.62. The van der Waals surface area contributed by atoms with Gasteiger partial charge in [0, 0.05) is 0 Å². The summed E-state index contributed by atoms with van der Waals surface area (Å²) in [7, 11) is 0. The average molecular weight is 202 g/mol. The molecule has 0 bridgehead atoms.